The lowest BCUT2D eigenvalue weighted by Crippen LogP contribution is -2.54. The number of carbonyl (C=O) groups excluding carboxylic acids is 2. The Hall–Kier alpha value is -2.79. The maximum absolute atomic E-state index is 12.7. The average molecular weight is 355 g/mol. The van der Waals surface area contributed by atoms with Gasteiger partial charge in [-0.2, -0.15) is 5.26 Å². The summed E-state index contributed by atoms with van der Waals surface area (Å²) in [6, 6.07) is 3.67. The number of carbonyl (C=O) groups is 2. The van der Waals surface area contributed by atoms with Crippen LogP contribution in [-0.4, -0.2) is 52.2 Å². The van der Waals surface area contributed by atoms with E-state index in [2.05, 4.69) is 16.0 Å². The molecule has 1 amide bonds. The third-order valence-electron chi connectivity index (χ3n) is 4.19. The Bertz CT molecular complexity index is 857. The van der Waals surface area contributed by atoms with Crippen LogP contribution < -0.4 is 4.90 Å². The van der Waals surface area contributed by atoms with E-state index in [-0.39, 0.29) is 17.7 Å². The molecule has 0 spiro atoms. The smallest absolute Gasteiger partial charge is 0.264 e. The fourth-order valence-corrected chi connectivity index (χ4v) is 3.77. The molecule has 1 aliphatic heterocycles. The van der Waals surface area contributed by atoms with E-state index in [4.69, 9.17) is 0 Å². The molecule has 0 N–H and O–H groups in total. The minimum absolute atomic E-state index is 0.0418. The number of nitrogens with zero attached hydrogens (tertiary/aromatic N) is 5. The first-order valence-electron chi connectivity index (χ1n) is 7.87. The van der Waals surface area contributed by atoms with Gasteiger partial charge in [0.05, 0.1) is 4.88 Å². The molecule has 8 heteroatoms. The van der Waals surface area contributed by atoms with Crippen LogP contribution in [0.4, 0.5) is 5.82 Å². The molecule has 3 rings (SSSR count). The summed E-state index contributed by atoms with van der Waals surface area (Å²) in [7, 11) is 0. The molecule has 25 heavy (non-hydrogen) atoms. The Morgan fingerprint density at radius 3 is 2.72 bits per heavy atom. The maximum atomic E-state index is 12.7. The Morgan fingerprint density at radius 2 is 2.08 bits per heavy atom. The van der Waals surface area contributed by atoms with E-state index in [9.17, 15) is 14.9 Å². The summed E-state index contributed by atoms with van der Waals surface area (Å²) >= 11 is 1.29. The van der Waals surface area contributed by atoms with Crippen LogP contribution in [0.5, 0.6) is 0 Å². The van der Waals surface area contributed by atoms with Crippen LogP contribution in [0.3, 0.4) is 0 Å². The first-order valence-corrected chi connectivity index (χ1v) is 8.75. The van der Waals surface area contributed by atoms with Crippen molar-refractivity contribution in [2.24, 2.45) is 0 Å². The fraction of sp³-hybridized carbons (Fsp3) is 0.353. The summed E-state index contributed by atoms with van der Waals surface area (Å²) in [6.45, 7) is 5.13. The normalized spacial score (nSPS) is 17.2. The summed E-state index contributed by atoms with van der Waals surface area (Å²) in [5.74, 6) is 0.447. The van der Waals surface area contributed by atoms with Crippen molar-refractivity contribution in [3.63, 3.8) is 0 Å². The highest BCUT2D eigenvalue weighted by atomic mass is 32.1. The molecule has 2 aromatic heterocycles. The van der Waals surface area contributed by atoms with Gasteiger partial charge in [0.15, 0.2) is 17.3 Å². The lowest BCUT2D eigenvalue weighted by atomic mass is 10.1. The molecule has 0 saturated carbocycles. The van der Waals surface area contributed by atoms with Crippen LogP contribution in [0.15, 0.2) is 23.8 Å². The van der Waals surface area contributed by atoms with Gasteiger partial charge in [0.2, 0.25) is 0 Å². The predicted octanol–water partition coefficient (Wildman–Crippen LogP) is 1.96. The number of ketones is 1. The number of anilines is 1. The number of rotatable bonds is 3. The van der Waals surface area contributed by atoms with Crippen LogP contribution >= 0.6 is 11.3 Å². The predicted molar refractivity (Wildman–Crippen MR) is 93.8 cm³/mol. The third kappa shape index (κ3) is 3.37. The molecule has 2 aromatic rings. The topological polar surface area (TPSA) is 90.2 Å². The highest BCUT2D eigenvalue weighted by molar-refractivity contribution is 7.12. The van der Waals surface area contributed by atoms with Crippen LogP contribution in [0.2, 0.25) is 0 Å². The number of nitriles is 1. The maximum Gasteiger partial charge on any atom is 0.264 e. The first kappa shape index (κ1) is 17.0. The van der Waals surface area contributed by atoms with Gasteiger partial charge in [-0.1, -0.05) is 0 Å². The Kier molecular flexibility index (Phi) is 4.76. The van der Waals surface area contributed by atoms with Crippen molar-refractivity contribution in [1.29, 1.82) is 5.26 Å². The molecule has 1 aliphatic rings. The van der Waals surface area contributed by atoms with E-state index in [1.165, 1.54) is 24.5 Å². The van der Waals surface area contributed by atoms with Crippen molar-refractivity contribution in [3.05, 3.63) is 40.0 Å². The zero-order chi connectivity index (χ0) is 18.0. The summed E-state index contributed by atoms with van der Waals surface area (Å²) in [5.41, 5.74) is 0.858. The van der Waals surface area contributed by atoms with Gasteiger partial charge >= 0.3 is 0 Å². The zero-order valence-electron chi connectivity index (χ0n) is 14.0. The fourth-order valence-electron chi connectivity index (χ4n) is 2.87. The molecule has 0 radical (unpaired) electrons. The molecule has 0 bridgehead atoms. The van der Waals surface area contributed by atoms with E-state index in [0.29, 0.717) is 41.6 Å². The van der Waals surface area contributed by atoms with Crippen molar-refractivity contribution in [2.75, 3.05) is 24.5 Å². The van der Waals surface area contributed by atoms with Crippen molar-refractivity contribution < 1.29 is 9.59 Å². The molecule has 1 unspecified atom stereocenters. The van der Waals surface area contributed by atoms with Gasteiger partial charge in [-0.15, -0.1) is 11.3 Å². The molecule has 128 valence electrons. The molecule has 1 saturated heterocycles. The monoisotopic (exact) mass is 355 g/mol. The minimum Gasteiger partial charge on any atom is -0.350 e. The molecule has 7 nitrogen and oxygen atoms in total. The van der Waals surface area contributed by atoms with Gasteiger partial charge in [0.1, 0.15) is 6.07 Å². The van der Waals surface area contributed by atoms with Crippen molar-refractivity contribution >= 4 is 28.8 Å². The zero-order valence-corrected chi connectivity index (χ0v) is 14.8. The number of piperazine rings is 1. The highest BCUT2D eigenvalue weighted by Gasteiger charge is 2.30. The van der Waals surface area contributed by atoms with Gasteiger partial charge in [-0.3, -0.25) is 9.59 Å². The molecule has 1 atom stereocenters. The Morgan fingerprint density at radius 1 is 1.32 bits per heavy atom. The first-order chi connectivity index (χ1) is 12.0. The second-order valence-corrected chi connectivity index (χ2v) is 6.80. The SMILES string of the molecule is CC(=O)c1csc(C(=O)N2CCN(c3nccnc3C#N)CC2C)c1. The van der Waals surface area contributed by atoms with Gasteiger partial charge < -0.3 is 9.80 Å². The van der Waals surface area contributed by atoms with E-state index < -0.39 is 0 Å². The molecular formula is C17H17N5O2S. The number of aromatic nitrogens is 2. The molecule has 1 fully saturated rings. The van der Waals surface area contributed by atoms with Crippen LogP contribution in [0.1, 0.15) is 39.6 Å². The summed E-state index contributed by atoms with van der Waals surface area (Å²) in [6.07, 6.45) is 3.06. The lowest BCUT2D eigenvalue weighted by molar-refractivity contribution is 0.0678. The third-order valence-corrected chi connectivity index (χ3v) is 5.11. The summed E-state index contributed by atoms with van der Waals surface area (Å²) in [4.78, 5) is 36.8. The molecular weight excluding hydrogens is 338 g/mol. The van der Waals surface area contributed by atoms with E-state index in [0.717, 1.165) is 0 Å². The largest absolute Gasteiger partial charge is 0.350 e. The second-order valence-electron chi connectivity index (χ2n) is 5.89. The van der Waals surface area contributed by atoms with Crippen LogP contribution in [-0.2, 0) is 0 Å². The number of hydrogen-bond acceptors (Lipinski definition) is 7. The standard InChI is InChI=1S/C17H17N5O2S/c1-11-9-21(16-14(8-18)19-3-4-20-16)5-6-22(11)17(24)15-7-13(10-25-15)12(2)23/h3-4,7,10-11H,5-6,9H2,1-2H3. The lowest BCUT2D eigenvalue weighted by Gasteiger charge is -2.40. The number of thiophene rings is 1. The van der Waals surface area contributed by atoms with E-state index in [1.54, 1.807) is 22.5 Å². The van der Waals surface area contributed by atoms with Gasteiger partial charge in [-0.05, 0) is 19.9 Å². The van der Waals surface area contributed by atoms with Gasteiger partial charge in [0, 0.05) is 49.0 Å². The van der Waals surface area contributed by atoms with Crippen LogP contribution in [0.25, 0.3) is 0 Å². The van der Waals surface area contributed by atoms with Gasteiger partial charge in [0.25, 0.3) is 5.91 Å². The number of amides is 1. The Labute approximate surface area is 149 Å². The highest BCUT2D eigenvalue weighted by Crippen LogP contribution is 2.23. The quantitative estimate of drug-likeness (QED) is 0.782. The number of hydrogen-bond donors (Lipinski definition) is 0. The van der Waals surface area contributed by atoms with Crippen molar-refractivity contribution in [3.8, 4) is 6.07 Å². The van der Waals surface area contributed by atoms with Gasteiger partial charge in [-0.25, -0.2) is 9.97 Å². The van der Waals surface area contributed by atoms with Crippen LogP contribution in [0, 0.1) is 11.3 Å². The van der Waals surface area contributed by atoms with Crippen molar-refractivity contribution in [2.45, 2.75) is 19.9 Å². The molecule has 0 aliphatic carbocycles. The second kappa shape index (κ2) is 6.99. The van der Waals surface area contributed by atoms with E-state index in [1.807, 2.05) is 11.8 Å². The molecule has 3 heterocycles. The van der Waals surface area contributed by atoms with Crippen molar-refractivity contribution in [1.82, 2.24) is 14.9 Å². The minimum atomic E-state index is -0.0655. The Balaban J connectivity index is 1.74. The number of Topliss-reactive ketones (excluding diaryl/α,β-unsaturated/α-hetero) is 1. The van der Waals surface area contributed by atoms with E-state index >= 15 is 0 Å². The molecule has 0 aromatic carbocycles. The summed E-state index contributed by atoms with van der Waals surface area (Å²) in [5, 5.41) is 10.9. The average Bonchev–Trinajstić information content (AvgIpc) is 3.11. The summed E-state index contributed by atoms with van der Waals surface area (Å²) < 4.78 is 0.